The number of thiocarbonyl (C=S) groups is 1. The standard InChI is InChI=1S/C22H24BrN3O3S/c1-29-19-10-9-16(23)14-18(19)20(27)25-22(30)24-17-8-6-7-15(13-17)21(28)26-11-4-2-3-5-12-26/h6-10,13-14H,2-5,11-12H2,1H3,(H2,24,25,27,30). The number of benzene rings is 2. The SMILES string of the molecule is COc1ccc(Br)cc1C(=O)NC(=S)Nc1cccc(C(=O)N2CCCCCC2)c1. The third-order valence-electron chi connectivity index (χ3n) is 4.89. The van der Waals surface area contributed by atoms with Crippen LogP contribution in [0.25, 0.3) is 0 Å². The number of nitrogens with one attached hydrogen (secondary N) is 2. The molecule has 30 heavy (non-hydrogen) atoms. The monoisotopic (exact) mass is 489 g/mol. The van der Waals surface area contributed by atoms with Gasteiger partial charge < -0.3 is 15.0 Å². The van der Waals surface area contributed by atoms with E-state index in [9.17, 15) is 9.59 Å². The van der Waals surface area contributed by atoms with Crippen molar-refractivity contribution in [2.75, 3.05) is 25.5 Å². The van der Waals surface area contributed by atoms with E-state index in [2.05, 4.69) is 26.6 Å². The van der Waals surface area contributed by atoms with Crippen molar-refractivity contribution in [1.82, 2.24) is 10.2 Å². The van der Waals surface area contributed by atoms with Crippen molar-refractivity contribution < 1.29 is 14.3 Å². The summed E-state index contributed by atoms with van der Waals surface area (Å²) >= 11 is 8.64. The van der Waals surface area contributed by atoms with Gasteiger partial charge >= 0.3 is 0 Å². The highest BCUT2D eigenvalue weighted by Crippen LogP contribution is 2.23. The third-order valence-corrected chi connectivity index (χ3v) is 5.59. The van der Waals surface area contributed by atoms with E-state index in [1.165, 1.54) is 20.0 Å². The third kappa shape index (κ3) is 5.79. The number of carbonyl (C=O) groups excluding carboxylic acids is 2. The second kappa shape index (κ2) is 10.5. The molecule has 2 aromatic carbocycles. The van der Waals surface area contributed by atoms with Gasteiger partial charge in [-0.15, -0.1) is 0 Å². The summed E-state index contributed by atoms with van der Waals surface area (Å²) in [6, 6.07) is 12.3. The predicted octanol–water partition coefficient (Wildman–Crippen LogP) is 4.60. The molecule has 2 amide bonds. The van der Waals surface area contributed by atoms with Crippen LogP contribution in [0.1, 0.15) is 46.4 Å². The Hall–Kier alpha value is -2.45. The molecule has 0 unspecified atom stereocenters. The minimum atomic E-state index is -0.387. The van der Waals surface area contributed by atoms with Gasteiger partial charge in [-0.3, -0.25) is 14.9 Å². The average molecular weight is 490 g/mol. The van der Waals surface area contributed by atoms with Crippen LogP contribution in [0.4, 0.5) is 5.69 Å². The second-order valence-corrected chi connectivity index (χ2v) is 8.36. The van der Waals surface area contributed by atoms with Gasteiger partial charge in [0.05, 0.1) is 12.7 Å². The largest absolute Gasteiger partial charge is 0.496 e. The number of carbonyl (C=O) groups is 2. The van der Waals surface area contributed by atoms with Crippen LogP contribution in [-0.4, -0.2) is 42.0 Å². The van der Waals surface area contributed by atoms with Crippen molar-refractivity contribution >= 4 is 50.8 Å². The number of amides is 2. The molecule has 1 saturated heterocycles. The van der Waals surface area contributed by atoms with Gasteiger partial charge in [0, 0.05) is 28.8 Å². The summed E-state index contributed by atoms with van der Waals surface area (Å²) in [5.74, 6) is 0.0837. The average Bonchev–Trinajstić information content (AvgIpc) is 3.02. The molecule has 2 aromatic rings. The van der Waals surface area contributed by atoms with Crippen LogP contribution < -0.4 is 15.4 Å². The Labute approximate surface area is 190 Å². The smallest absolute Gasteiger partial charge is 0.261 e. The van der Waals surface area contributed by atoms with Crippen molar-refractivity contribution in [1.29, 1.82) is 0 Å². The summed E-state index contributed by atoms with van der Waals surface area (Å²) in [6.07, 6.45) is 4.42. The lowest BCUT2D eigenvalue weighted by Gasteiger charge is -2.20. The van der Waals surface area contributed by atoms with Crippen LogP contribution in [0, 0.1) is 0 Å². The first-order valence-corrected chi connectivity index (χ1v) is 11.0. The number of nitrogens with zero attached hydrogens (tertiary/aromatic N) is 1. The van der Waals surface area contributed by atoms with E-state index in [-0.39, 0.29) is 16.9 Å². The van der Waals surface area contributed by atoms with Crippen molar-refractivity contribution in [3.05, 3.63) is 58.1 Å². The number of halogens is 1. The van der Waals surface area contributed by atoms with Gasteiger partial charge in [-0.2, -0.15) is 0 Å². The number of likely N-dealkylation sites (tertiary alicyclic amines) is 1. The summed E-state index contributed by atoms with van der Waals surface area (Å²) in [5.41, 5.74) is 1.60. The molecule has 158 valence electrons. The van der Waals surface area contributed by atoms with Gasteiger partial charge in [-0.25, -0.2) is 0 Å². The van der Waals surface area contributed by atoms with E-state index in [4.69, 9.17) is 17.0 Å². The van der Waals surface area contributed by atoms with Crippen LogP contribution in [0.5, 0.6) is 5.75 Å². The molecule has 2 N–H and O–H groups in total. The first-order chi connectivity index (χ1) is 14.5. The Morgan fingerprint density at radius 1 is 1.07 bits per heavy atom. The number of hydrogen-bond donors (Lipinski definition) is 2. The lowest BCUT2D eigenvalue weighted by Crippen LogP contribution is -2.34. The lowest BCUT2D eigenvalue weighted by atomic mass is 10.1. The van der Waals surface area contributed by atoms with Gasteiger partial charge in [0.1, 0.15) is 5.75 Å². The van der Waals surface area contributed by atoms with Gasteiger partial charge in [-0.1, -0.05) is 34.8 Å². The molecule has 1 aliphatic rings. The zero-order chi connectivity index (χ0) is 21.5. The first kappa shape index (κ1) is 22.2. The Bertz CT molecular complexity index is 943. The molecule has 0 aliphatic carbocycles. The molecule has 0 saturated carbocycles. The molecule has 0 spiro atoms. The summed E-state index contributed by atoms with van der Waals surface area (Å²) in [5, 5.41) is 5.77. The Morgan fingerprint density at radius 2 is 1.80 bits per heavy atom. The molecule has 6 nitrogen and oxygen atoms in total. The van der Waals surface area contributed by atoms with Crippen molar-refractivity contribution in [2.45, 2.75) is 25.7 Å². The summed E-state index contributed by atoms with van der Waals surface area (Å²) < 4.78 is 6.00. The van der Waals surface area contributed by atoms with Gasteiger partial charge in [0.2, 0.25) is 0 Å². The normalized spacial score (nSPS) is 13.9. The molecule has 0 bridgehead atoms. The Kier molecular flexibility index (Phi) is 7.81. The van der Waals surface area contributed by atoms with Crippen LogP contribution in [0.2, 0.25) is 0 Å². The quantitative estimate of drug-likeness (QED) is 0.614. The fraction of sp³-hybridized carbons (Fsp3) is 0.318. The Balaban J connectivity index is 1.66. The molecule has 1 fully saturated rings. The van der Waals surface area contributed by atoms with Crippen LogP contribution in [-0.2, 0) is 0 Å². The number of rotatable bonds is 4. The number of ether oxygens (including phenoxy) is 1. The molecule has 0 radical (unpaired) electrons. The van der Waals surface area contributed by atoms with Gasteiger partial charge in [-0.05, 0) is 61.5 Å². The van der Waals surface area contributed by atoms with Crippen LogP contribution in [0.3, 0.4) is 0 Å². The molecular formula is C22H24BrN3O3S. The van der Waals surface area contributed by atoms with Crippen molar-refractivity contribution in [3.63, 3.8) is 0 Å². The van der Waals surface area contributed by atoms with Crippen LogP contribution in [0.15, 0.2) is 46.9 Å². The Morgan fingerprint density at radius 3 is 2.50 bits per heavy atom. The van der Waals surface area contributed by atoms with Crippen LogP contribution >= 0.6 is 28.1 Å². The molecule has 1 aliphatic heterocycles. The summed E-state index contributed by atoms with van der Waals surface area (Å²) in [4.78, 5) is 27.3. The van der Waals surface area contributed by atoms with Crippen molar-refractivity contribution in [2.24, 2.45) is 0 Å². The van der Waals surface area contributed by atoms with Gasteiger partial charge in [0.15, 0.2) is 5.11 Å². The van der Waals surface area contributed by atoms with E-state index in [1.807, 2.05) is 4.90 Å². The molecule has 8 heteroatoms. The minimum Gasteiger partial charge on any atom is -0.496 e. The fourth-order valence-electron chi connectivity index (χ4n) is 3.38. The zero-order valence-electron chi connectivity index (χ0n) is 16.7. The van der Waals surface area contributed by atoms with Gasteiger partial charge in [0.25, 0.3) is 11.8 Å². The highest BCUT2D eigenvalue weighted by Gasteiger charge is 2.18. The van der Waals surface area contributed by atoms with E-state index in [0.717, 1.165) is 30.4 Å². The van der Waals surface area contributed by atoms with E-state index in [1.54, 1.807) is 42.5 Å². The topological polar surface area (TPSA) is 70.7 Å². The minimum absolute atomic E-state index is 0.0226. The number of anilines is 1. The fourth-order valence-corrected chi connectivity index (χ4v) is 3.95. The molecule has 0 atom stereocenters. The molecule has 0 aromatic heterocycles. The number of hydrogen-bond acceptors (Lipinski definition) is 4. The predicted molar refractivity (Wildman–Crippen MR) is 125 cm³/mol. The maximum atomic E-state index is 12.8. The number of methoxy groups -OCH3 is 1. The maximum absolute atomic E-state index is 12.8. The molecule has 1 heterocycles. The highest BCUT2D eigenvalue weighted by molar-refractivity contribution is 9.10. The molecule has 3 rings (SSSR count). The first-order valence-electron chi connectivity index (χ1n) is 9.83. The summed E-state index contributed by atoms with van der Waals surface area (Å²) in [6.45, 7) is 1.58. The molecular weight excluding hydrogens is 466 g/mol. The zero-order valence-corrected chi connectivity index (χ0v) is 19.1. The van der Waals surface area contributed by atoms with E-state index in [0.29, 0.717) is 22.6 Å². The van der Waals surface area contributed by atoms with E-state index < -0.39 is 0 Å². The van der Waals surface area contributed by atoms with E-state index >= 15 is 0 Å². The second-order valence-electron chi connectivity index (χ2n) is 7.04. The lowest BCUT2D eigenvalue weighted by molar-refractivity contribution is 0.0761. The van der Waals surface area contributed by atoms with Crippen molar-refractivity contribution in [3.8, 4) is 5.75 Å². The maximum Gasteiger partial charge on any atom is 0.261 e. The summed E-state index contributed by atoms with van der Waals surface area (Å²) in [7, 11) is 1.50. The highest BCUT2D eigenvalue weighted by atomic mass is 79.9.